The van der Waals surface area contributed by atoms with Crippen molar-refractivity contribution in [1.82, 2.24) is 10.2 Å². The second-order valence-corrected chi connectivity index (χ2v) is 4.99. The van der Waals surface area contributed by atoms with Crippen molar-refractivity contribution in [2.24, 2.45) is 0 Å². The molecule has 0 atom stereocenters. The number of nitrogens with one attached hydrogen (secondary N) is 1. The van der Waals surface area contributed by atoms with Crippen molar-refractivity contribution in [1.29, 1.82) is 0 Å². The Labute approximate surface area is 109 Å². The number of hydrogen-bond donors (Lipinski definition) is 1. The molecule has 0 saturated carbocycles. The van der Waals surface area contributed by atoms with Gasteiger partial charge < -0.3 is 10.2 Å². The van der Waals surface area contributed by atoms with E-state index in [1.165, 1.54) is 11.1 Å². The van der Waals surface area contributed by atoms with Crippen LogP contribution in [-0.2, 0) is 13.0 Å². The predicted molar refractivity (Wildman–Crippen MR) is 73.7 cm³/mol. The third-order valence-electron chi connectivity index (χ3n) is 3.53. The summed E-state index contributed by atoms with van der Waals surface area (Å²) in [6, 6.07) is 6.12. The molecule has 1 aliphatic rings. The highest BCUT2D eigenvalue weighted by Gasteiger charge is 2.14. The van der Waals surface area contributed by atoms with Gasteiger partial charge >= 0.3 is 0 Å². The highest BCUT2D eigenvalue weighted by atomic mass is 16.2. The molecular weight excluding hydrogens is 224 g/mol. The zero-order valence-corrected chi connectivity index (χ0v) is 11.3. The molecule has 2 rings (SSSR count). The molecule has 3 heteroatoms. The van der Waals surface area contributed by atoms with Crippen molar-refractivity contribution in [2.75, 3.05) is 20.1 Å². The Morgan fingerprint density at radius 3 is 3.00 bits per heavy atom. The fourth-order valence-corrected chi connectivity index (χ4v) is 2.33. The van der Waals surface area contributed by atoms with Crippen molar-refractivity contribution in [3.05, 3.63) is 34.9 Å². The van der Waals surface area contributed by atoms with Crippen LogP contribution in [0, 0.1) is 0 Å². The first-order chi connectivity index (χ1) is 8.72. The van der Waals surface area contributed by atoms with Crippen LogP contribution in [0.15, 0.2) is 18.2 Å². The molecule has 0 spiro atoms. The van der Waals surface area contributed by atoms with Crippen LogP contribution in [0.4, 0.5) is 0 Å². The summed E-state index contributed by atoms with van der Waals surface area (Å²) in [5, 5.41) is 3.35. The van der Waals surface area contributed by atoms with E-state index >= 15 is 0 Å². The Kier molecular flexibility index (Phi) is 4.37. The van der Waals surface area contributed by atoms with Crippen molar-refractivity contribution in [2.45, 2.75) is 32.7 Å². The second kappa shape index (κ2) is 6.01. The maximum Gasteiger partial charge on any atom is 0.253 e. The summed E-state index contributed by atoms with van der Waals surface area (Å²) in [6.45, 7) is 4.90. The Morgan fingerprint density at radius 1 is 1.39 bits per heavy atom. The summed E-state index contributed by atoms with van der Waals surface area (Å²) in [6.07, 6.45) is 3.25. The first-order valence-electron chi connectivity index (χ1n) is 6.80. The number of carbonyl (C=O) groups excluding carboxylic acids is 1. The number of amides is 1. The number of nitrogens with zero attached hydrogens (tertiary/aromatic N) is 1. The van der Waals surface area contributed by atoms with Crippen LogP contribution in [0.25, 0.3) is 0 Å². The van der Waals surface area contributed by atoms with Crippen LogP contribution in [-0.4, -0.2) is 30.9 Å². The van der Waals surface area contributed by atoms with E-state index in [0.717, 1.165) is 44.5 Å². The maximum absolute atomic E-state index is 12.2. The van der Waals surface area contributed by atoms with Gasteiger partial charge in [0.05, 0.1) is 0 Å². The first-order valence-corrected chi connectivity index (χ1v) is 6.80. The zero-order chi connectivity index (χ0) is 13.0. The minimum Gasteiger partial charge on any atom is -0.342 e. The lowest BCUT2D eigenvalue weighted by molar-refractivity contribution is 0.0793. The maximum atomic E-state index is 12.2. The lowest BCUT2D eigenvalue weighted by Crippen LogP contribution is -2.29. The smallest absolute Gasteiger partial charge is 0.253 e. The zero-order valence-electron chi connectivity index (χ0n) is 11.3. The molecule has 0 radical (unpaired) electrons. The monoisotopic (exact) mass is 246 g/mol. The highest BCUT2D eigenvalue weighted by molar-refractivity contribution is 5.94. The first kappa shape index (κ1) is 13.1. The number of carbonyl (C=O) groups is 1. The second-order valence-electron chi connectivity index (χ2n) is 4.99. The standard InChI is InChI=1S/C15H22N2O/c1-3-4-9-17(2)15(18)13-6-5-12-7-8-16-11-14(12)10-13/h5-6,10,16H,3-4,7-9,11H2,1-2H3. The van der Waals surface area contributed by atoms with Gasteiger partial charge in [0.2, 0.25) is 0 Å². The number of hydrogen-bond acceptors (Lipinski definition) is 2. The quantitative estimate of drug-likeness (QED) is 0.883. The minimum atomic E-state index is 0.136. The van der Waals surface area contributed by atoms with Crippen LogP contribution in [0.1, 0.15) is 41.3 Å². The summed E-state index contributed by atoms with van der Waals surface area (Å²) in [7, 11) is 1.88. The molecule has 3 nitrogen and oxygen atoms in total. The van der Waals surface area contributed by atoms with Crippen LogP contribution >= 0.6 is 0 Å². The van der Waals surface area contributed by atoms with E-state index in [0.29, 0.717) is 0 Å². The Balaban J connectivity index is 2.10. The topological polar surface area (TPSA) is 32.3 Å². The molecule has 0 aromatic heterocycles. The van der Waals surface area contributed by atoms with Gasteiger partial charge in [-0.3, -0.25) is 4.79 Å². The lowest BCUT2D eigenvalue weighted by atomic mass is 9.98. The molecule has 0 fully saturated rings. The van der Waals surface area contributed by atoms with Gasteiger partial charge in [0.25, 0.3) is 5.91 Å². The van der Waals surface area contributed by atoms with E-state index in [1.807, 2.05) is 24.1 Å². The van der Waals surface area contributed by atoms with E-state index in [2.05, 4.69) is 18.3 Å². The number of fused-ring (bicyclic) bond motifs is 1. The van der Waals surface area contributed by atoms with Gasteiger partial charge in [-0.2, -0.15) is 0 Å². The van der Waals surface area contributed by atoms with Gasteiger partial charge in [-0.1, -0.05) is 19.4 Å². The van der Waals surface area contributed by atoms with Crippen molar-refractivity contribution < 1.29 is 4.79 Å². The van der Waals surface area contributed by atoms with Crippen LogP contribution in [0.3, 0.4) is 0 Å². The third kappa shape index (κ3) is 2.91. The summed E-state index contributed by atoms with van der Waals surface area (Å²) < 4.78 is 0. The van der Waals surface area contributed by atoms with Gasteiger partial charge in [-0.05, 0) is 42.6 Å². The van der Waals surface area contributed by atoms with Gasteiger partial charge in [0.15, 0.2) is 0 Å². The average molecular weight is 246 g/mol. The van der Waals surface area contributed by atoms with Crippen molar-refractivity contribution in [3.63, 3.8) is 0 Å². The molecule has 0 unspecified atom stereocenters. The molecule has 1 heterocycles. The van der Waals surface area contributed by atoms with Crippen LogP contribution in [0.5, 0.6) is 0 Å². The van der Waals surface area contributed by atoms with Crippen molar-refractivity contribution >= 4 is 5.91 Å². The highest BCUT2D eigenvalue weighted by Crippen LogP contribution is 2.17. The SMILES string of the molecule is CCCCN(C)C(=O)c1ccc2c(c1)CNCC2. The fourth-order valence-electron chi connectivity index (χ4n) is 2.33. The van der Waals surface area contributed by atoms with E-state index < -0.39 is 0 Å². The minimum absolute atomic E-state index is 0.136. The van der Waals surface area contributed by atoms with E-state index in [9.17, 15) is 4.79 Å². The number of benzene rings is 1. The molecule has 0 aliphatic carbocycles. The van der Waals surface area contributed by atoms with Gasteiger partial charge in [-0.15, -0.1) is 0 Å². The molecule has 1 aliphatic heterocycles. The van der Waals surface area contributed by atoms with E-state index in [4.69, 9.17) is 0 Å². The molecule has 98 valence electrons. The molecule has 18 heavy (non-hydrogen) atoms. The van der Waals surface area contributed by atoms with Gasteiger partial charge in [0.1, 0.15) is 0 Å². The van der Waals surface area contributed by atoms with Crippen LogP contribution in [0.2, 0.25) is 0 Å². The lowest BCUT2D eigenvalue weighted by Gasteiger charge is -2.20. The number of rotatable bonds is 4. The molecule has 1 aromatic carbocycles. The van der Waals surface area contributed by atoms with E-state index in [-0.39, 0.29) is 5.91 Å². The van der Waals surface area contributed by atoms with Gasteiger partial charge in [0, 0.05) is 25.7 Å². The largest absolute Gasteiger partial charge is 0.342 e. The molecule has 1 aromatic rings. The summed E-state index contributed by atoms with van der Waals surface area (Å²) >= 11 is 0. The molecule has 0 saturated heterocycles. The van der Waals surface area contributed by atoms with E-state index in [1.54, 1.807) is 0 Å². The van der Waals surface area contributed by atoms with Crippen LogP contribution < -0.4 is 5.32 Å². The Bertz CT molecular complexity index is 429. The average Bonchev–Trinajstić information content (AvgIpc) is 2.43. The Morgan fingerprint density at radius 2 is 2.22 bits per heavy atom. The third-order valence-corrected chi connectivity index (χ3v) is 3.53. The summed E-state index contributed by atoms with van der Waals surface area (Å²) in [4.78, 5) is 14.1. The molecule has 0 bridgehead atoms. The Hall–Kier alpha value is -1.35. The number of unbranched alkanes of at least 4 members (excludes halogenated alkanes) is 1. The van der Waals surface area contributed by atoms with Gasteiger partial charge in [-0.25, -0.2) is 0 Å². The summed E-state index contributed by atoms with van der Waals surface area (Å²) in [5.74, 6) is 0.136. The van der Waals surface area contributed by atoms with Crippen molar-refractivity contribution in [3.8, 4) is 0 Å². The summed E-state index contributed by atoms with van der Waals surface area (Å²) in [5.41, 5.74) is 3.47. The predicted octanol–water partition coefficient (Wildman–Crippen LogP) is 2.20. The molecular formula is C15H22N2O. The molecule has 1 N–H and O–H groups in total. The normalized spacial score (nSPS) is 14.1. The molecule has 1 amide bonds. The fraction of sp³-hybridized carbons (Fsp3) is 0.533.